The van der Waals surface area contributed by atoms with E-state index < -0.39 is 23.8 Å². The zero-order chi connectivity index (χ0) is 13.5. The van der Waals surface area contributed by atoms with Crippen molar-refractivity contribution in [1.82, 2.24) is 10.6 Å². The average molecular weight is 254 g/mol. The van der Waals surface area contributed by atoms with Crippen LogP contribution in [0.1, 0.15) is 23.9 Å². The number of carboxylic acids is 1. The lowest BCUT2D eigenvalue weighted by Gasteiger charge is -2.09. The number of nitrogens with one attached hydrogen (secondary N) is 2. The van der Waals surface area contributed by atoms with Gasteiger partial charge in [0.2, 0.25) is 5.91 Å². The Kier molecular flexibility index (Phi) is 4.91. The van der Waals surface area contributed by atoms with Gasteiger partial charge in [-0.3, -0.25) is 14.4 Å². The second-order valence-electron chi connectivity index (χ2n) is 3.61. The highest BCUT2D eigenvalue weighted by molar-refractivity contribution is 5.91. The lowest BCUT2D eigenvalue weighted by molar-refractivity contribution is -0.141. The molecule has 0 fully saturated rings. The molecule has 2 amide bonds. The number of hydrogen-bond acceptors (Lipinski definition) is 4. The van der Waals surface area contributed by atoms with Gasteiger partial charge in [-0.25, -0.2) is 0 Å². The van der Waals surface area contributed by atoms with Gasteiger partial charge in [0.1, 0.15) is 6.04 Å². The van der Waals surface area contributed by atoms with Gasteiger partial charge < -0.3 is 20.2 Å². The molecular formula is C11H14N2O5. The van der Waals surface area contributed by atoms with Gasteiger partial charge >= 0.3 is 5.97 Å². The predicted octanol–water partition coefficient (Wildman–Crippen LogP) is -0.0112. The van der Waals surface area contributed by atoms with E-state index in [2.05, 4.69) is 10.6 Å². The fourth-order valence-electron chi connectivity index (χ4n) is 1.16. The normalized spacial score (nSPS) is 11.6. The van der Waals surface area contributed by atoms with E-state index in [0.717, 1.165) is 0 Å². The van der Waals surface area contributed by atoms with E-state index in [9.17, 15) is 14.4 Å². The summed E-state index contributed by atoms with van der Waals surface area (Å²) >= 11 is 0. The van der Waals surface area contributed by atoms with Crippen LogP contribution in [0.15, 0.2) is 22.8 Å². The second-order valence-corrected chi connectivity index (χ2v) is 3.61. The second kappa shape index (κ2) is 6.43. The average Bonchev–Trinajstić information content (AvgIpc) is 2.81. The van der Waals surface area contributed by atoms with E-state index in [-0.39, 0.29) is 18.7 Å². The number of aliphatic carboxylic acids is 1. The van der Waals surface area contributed by atoms with E-state index >= 15 is 0 Å². The molecule has 98 valence electrons. The molecule has 1 rings (SSSR count). The van der Waals surface area contributed by atoms with Gasteiger partial charge in [0, 0.05) is 13.0 Å². The molecular weight excluding hydrogens is 240 g/mol. The monoisotopic (exact) mass is 254 g/mol. The quantitative estimate of drug-likeness (QED) is 0.661. The number of amides is 2. The first kappa shape index (κ1) is 13.8. The van der Waals surface area contributed by atoms with E-state index in [1.165, 1.54) is 19.3 Å². The lowest BCUT2D eigenvalue weighted by Crippen LogP contribution is -2.39. The van der Waals surface area contributed by atoms with Crippen LogP contribution in [0.4, 0.5) is 0 Å². The number of carbonyl (C=O) groups excluding carboxylic acids is 2. The van der Waals surface area contributed by atoms with Crippen molar-refractivity contribution in [3.63, 3.8) is 0 Å². The van der Waals surface area contributed by atoms with Crippen molar-refractivity contribution < 1.29 is 23.9 Å². The largest absolute Gasteiger partial charge is 0.480 e. The molecule has 0 radical (unpaired) electrons. The molecule has 18 heavy (non-hydrogen) atoms. The van der Waals surface area contributed by atoms with Crippen molar-refractivity contribution in [3.8, 4) is 0 Å². The smallest absolute Gasteiger partial charge is 0.325 e. The van der Waals surface area contributed by atoms with Crippen LogP contribution in [0.3, 0.4) is 0 Å². The van der Waals surface area contributed by atoms with Crippen molar-refractivity contribution in [2.45, 2.75) is 19.4 Å². The molecule has 0 bridgehead atoms. The third kappa shape index (κ3) is 4.28. The predicted molar refractivity (Wildman–Crippen MR) is 60.9 cm³/mol. The summed E-state index contributed by atoms with van der Waals surface area (Å²) in [6.45, 7) is 1.47. The summed E-state index contributed by atoms with van der Waals surface area (Å²) in [6, 6.07) is 2.14. The zero-order valence-electron chi connectivity index (χ0n) is 9.80. The first-order valence-corrected chi connectivity index (χ1v) is 5.34. The third-order valence-electron chi connectivity index (χ3n) is 2.13. The first-order chi connectivity index (χ1) is 8.50. The molecule has 1 unspecified atom stereocenters. The zero-order valence-corrected chi connectivity index (χ0v) is 9.80. The Bertz CT molecular complexity index is 427. The van der Waals surface area contributed by atoms with Crippen molar-refractivity contribution in [2.75, 3.05) is 6.54 Å². The minimum atomic E-state index is -1.11. The summed E-state index contributed by atoms with van der Waals surface area (Å²) in [5.74, 6) is -1.80. The topological polar surface area (TPSA) is 109 Å². The van der Waals surface area contributed by atoms with Crippen LogP contribution >= 0.6 is 0 Å². The summed E-state index contributed by atoms with van der Waals surface area (Å²) in [4.78, 5) is 33.1. The maximum Gasteiger partial charge on any atom is 0.325 e. The third-order valence-corrected chi connectivity index (χ3v) is 2.13. The van der Waals surface area contributed by atoms with E-state index in [4.69, 9.17) is 9.52 Å². The molecule has 7 nitrogen and oxygen atoms in total. The van der Waals surface area contributed by atoms with Gasteiger partial charge in [0.15, 0.2) is 5.76 Å². The number of carboxylic acid groups (broad SMARTS) is 1. The number of carbonyl (C=O) groups is 3. The molecule has 0 spiro atoms. The van der Waals surface area contributed by atoms with Crippen LogP contribution < -0.4 is 10.6 Å². The Morgan fingerprint density at radius 2 is 2.17 bits per heavy atom. The van der Waals surface area contributed by atoms with Crippen molar-refractivity contribution in [2.24, 2.45) is 0 Å². The maximum absolute atomic E-state index is 11.4. The van der Waals surface area contributed by atoms with Gasteiger partial charge in [0.05, 0.1) is 6.26 Å². The van der Waals surface area contributed by atoms with Crippen LogP contribution in [-0.4, -0.2) is 35.5 Å². The SMILES string of the molecule is CC(NC(=O)CCNC(=O)c1ccco1)C(=O)O. The lowest BCUT2D eigenvalue weighted by atomic mass is 10.3. The van der Waals surface area contributed by atoms with Crippen LogP contribution in [0.25, 0.3) is 0 Å². The summed E-state index contributed by atoms with van der Waals surface area (Å²) in [5.41, 5.74) is 0. The highest BCUT2D eigenvalue weighted by Gasteiger charge is 2.14. The molecule has 1 aromatic rings. The van der Waals surface area contributed by atoms with Crippen molar-refractivity contribution in [3.05, 3.63) is 24.2 Å². The fourth-order valence-corrected chi connectivity index (χ4v) is 1.16. The highest BCUT2D eigenvalue weighted by atomic mass is 16.4. The Balaban J connectivity index is 2.24. The van der Waals surface area contributed by atoms with Gasteiger partial charge in [0.25, 0.3) is 5.91 Å². The molecule has 0 aliphatic heterocycles. The molecule has 0 aliphatic carbocycles. The Labute approximate surface area is 103 Å². The van der Waals surface area contributed by atoms with E-state index in [0.29, 0.717) is 0 Å². The molecule has 1 atom stereocenters. The molecule has 0 saturated carbocycles. The highest BCUT2D eigenvalue weighted by Crippen LogP contribution is 1.98. The van der Waals surface area contributed by atoms with Gasteiger partial charge in [-0.1, -0.05) is 0 Å². The van der Waals surface area contributed by atoms with Gasteiger partial charge in [-0.2, -0.15) is 0 Å². The molecule has 1 aromatic heterocycles. The fraction of sp³-hybridized carbons (Fsp3) is 0.364. The summed E-state index contributed by atoms with van der Waals surface area (Å²) < 4.78 is 4.86. The van der Waals surface area contributed by atoms with Crippen LogP contribution in [0, 0.1) is 0 Å². The summed E-state index contributed by atoms with van der Waals surface area (Å²) in [7, 11) is 0. The number of rotatable bonds is 6. The molecule has 0 saturated heterocycles. The van der Waals surface area contributed by atoms with Crippen molar-refractivity contribution in [1.29, 1.82) is 0 Å². The van der Waals surface area contributed by atoms with E-state index in [1.807, 2.05) is 0 Å². The standard InChI is InChI=1S/C11H14N2O5/c1-7(11(16)17)13-9(14)4-5-12-10(15)8-3-2-6-18-8/h2-3,6-7H,4-5H2,1H3,(H,12,15)(H,13,14)(H,16,17). The first-order valence-electron chi connectivity index (χ1n) is 5.34. The Morgan fingerprint density at radius 3 is 2.72 bits per heavy atom. The summed E-state index contributed by atoms with van der Waals surface area (Å²) in [6.07, 6.45) is 1.38. The van der Waals surface area contributed by atoms with Gasteiger partial charge in [-0.15, -0.1) is 0 Å². The maximum atomic E-state index is 11.4. The van der Waals surface area contributed by atoms with Crippen LogP contribution in [-0.2, 0) is 9.59 Å². The van der Waals surface area contributed by atoms with Crippen LogP contribution in [0.5, 0.6) is 0 Å². The molecule has 0 aliphatic rings. The van der Waals surface area contributed by atoms with Crippen molar-refractivity contribution >= 4 is 17.8 Å². The number of hydrogen-bond donors (Lipinski definition) is 3. The molecule has 1 heterocycles. The summed E-state index contributed by atoms with van der Waals surface area (Å²) in [5, 5.41) is 13.3. The van der Waals surface area contributed by atoms with E-state index in [1.54, 1.807) is 6.07 Å². The molecule has 7 heteroatoms. The number of furan rings is 1. The Hall–Kier alpha value is -2.31. The minimum absolute atomic E-state index is 0.00404. The van der Waals surface area contributed by atoms with Crippen LogP contribution in [0.2, 0.25) is 0 Å². The molecule has 3 N–H and O–H groups in total. The Morgan fingerprint density at radius 1 is 1.44 bits per heavy atom. The van der Waals surface area contributed by atoms with Gasteiger partial charge in [-0.05, 0) is 19.1 Å². The molecule has 0 aromatic carbocycles. The minimum Gasteiger partial charge on any atom is -0.480 e.